The van der Waals surface area contributed by atoms with Gasteiger partial charge in [0, 0.05) is 18.2 Å². The zero-order valence-corrected chi connectivity index (χ0v) is 16.8. The first kappa shape index (κ1) is 17.7. The van der Waals surface area contributed by atoms with Crippen molar-refractivity contribution in [3.8, 4) is 0 Å². The van der Waals surface area contributed by atoms with E-state index in [9.17, 15) is 4.79 Å². The van der Waals surface area contributed by atoms with Gasteiger partial charge in [-0.25, -0.2) is 0 Å². The summed E-state index contributed by atoms with van der Waals surface area (Å²) in [5.41, 5.74) is 2.51. The van der Waals surface area contributed by atoms with E-state index in [-0.39, 0.29) is 5.91 Å². The van der Waals surface area contributed by atoms with E-state index in [1.54, 1.807) is 0 Å². The van der Waals surface area contributed by atoms with Gasteiger partial charge in [0.05, 0.1) is 0 Å². The second kappa shape index (κ2) is 6.92. The number of amides is 1. The molecule has 146 valence electrons. The number of carbonyl (C=O) groups is 1. The summed E-state index contributed by atoms with van der Waals surface area (Å²) in [5, 5.41) is 3.40. The van der Waals surface area contributed by atoms with Gasteiger partial charge in [-0.1, -0.05) is 12.1 Å². The van der Waals surface area contributed by atoms with Gasteiger partial charge in [0.25, 0.3) is 5.91 Å². The second-order valence-electron chi connectivity index (χ2n) is 10.2. The van der Waals surface area contributed by atoms with Gasteiger partial charge in [-0.15, -0.1) is 0 Å². The summed E-state index contributed by atoms with van der Waals surface area (Å²) in [7, 11) is 0. The molecule has 1 unspecified atom stereocenters. The number of benzene rings is 1. The maximum absolute atomic E-state index is 12.9. The lowest BCUT2D eigenvalue weighted by Crippen LogP contribution is -2.55. The first-order valence-electron chi connectivity index (χ1n) is 11.2. The Bertz CT molecular complexity index is 654. The Kier molecular flexibility index (Phi) is 4.54. The number of nitrogens with zero attached hydrogens (tertiary/aromatic N) is 1. The van der Waals surface area contributed by atoms with Gasteiger partial charge in [-0.05, 0) is 112 Å². The topological polar surface area (TPSA) is 32.3 Å². The highest BCUT2D eigenvalue weighted by atomic mass is 16.1. The summed E-state index contributed by atoms with van der Waals surface area (Å²) < 4.78 is 0. The Hall–Kier alpha value is -1.35. The first-order chi connectivity index (χ1) is 13.1. The number of hydrogen-bond donors (Lipinski definition) is 1. The zero-order valence-electron chi connectivity index (χ0n) is 16.8. The van der Waals surface area contributed by atoms with Crippen molar-refractivity contribution in [2.75, 3.05) is 13.1 Å². The third kappa shape index (κ3) is 3.44. The molecule has 4 bridgehead atoms. The second-order valence-corrected chi connectivity index (χ2v) is 10.2. The minimum absolute atomic E-state index is 0.117. The van der Waals surface area contributed by atoms with Crippen LogP contribution in [0.15, 0.2) is 24.3 Å². The number of nitrogens with one attached hydrogen (secondary N) is 1. The molecule has 1 N–H and O–H groups in total. The normalized spacial score (nSPS) is 36.1. The predicted molar refractivity (Wildman–Crippen MR) is 108 cm³/mol. The lowest BCUT2D eigenvalue weighted by atomic mass is 9.48. The maximum Gasteiger partial charge on any atom is 0.251 e. The largest absolute Gasteiger partial charge is 0.349 e. The minimum atomic E-state index is 0.117. The van der Waals surface area contributed by atoms with Crippen LogP contribution in [0.3, 0.4) is 0 Å². The molecular weight excluding hydrogens is 332 g/mol. The van der Waals surface area contributed by atoms with Crippen molar-refractivity contribution >= 4 is 5.91 Å². The summed E-state index contributed by atoms with van der Waals surface area (Å²) in [5.74, 6) is 2.91. The number of rotatable bonds is 5. The number of carbonyl (C=O) groups excluding carboxylic acids is 1. The Labute approximate surface area is 163 Å². The summed E-state index contributed by atoms with van der Waals surface area (Å²) in [6, 6.07) is 8.62. The van der Waals surface area contributed by atoms with Gasteiger partial charge in [0.15, 0.2) is 0 Å². The number of hydrogen-bond acceptors (Lipinski definition) is 2. The quantitative estimate of drug-likeness (QED) is 0.825. The Morgan fingerprint density at radius 3 is 2.15 bits per heavy atom. The van der Waals surface area contributed by atoms with Crippen molar-refractivity contribution in [1.82, 2.24) is 10.2 Å². The molecule has 1 aliphatic heterocycles. The van der Waals surface area contributed by atoms with Crippen LogP contribution in [0.25, 0.3) is 0 Å². The van der Waals surface area contributed by atoms with Gasteiger partial charge in [0.2, 0.25) is 0 Å². The van der Waals surface area contributed by atoms with E-state index in [4.69, 9.17) is 0 Å². The van der Waals surface area contributed by atoms with Crippen LogP contribution in [-0.4, -0.2) is 29.9 Å². The molecule has 3 heteroatoms. The monoisotopic (exact) mass is 366 g/mol. The van der Waals surface area contributed by atoms with E-state index in [0.29, 0.717) is 11.5 Å². The van der Waals surface area contributed by atoms with Crippen LogP contribution in [0.5, 0.6) is 0 Å². The van der Waals surface area contributed by atoms with Gasteiger partial charge >= 0.3 is 0 Å². The molecule has 0 radical (unpaired) electrons. The van der Waals surface area contributed by atoms with Crippen LogP contribution in [0.1, 0.15) is 74.2 Å². The molecule has 1 amide bonds. The highest BCUT2D eigenvalue weighted by Gasteiger charge is 2.53. The molecular formula is C24H34N2O. The molecule has 5 fully saturated rings. The summed E-state index contributed by atoms with van der Waals surface area (Å²) in [6.45, 7) is 5.72. The van der Waals surface area contributed by atoms with Crippen LogP contribution in [-0.2, 0) is 6.54 Å². The summed E-state index contributed by atoms with van der Waals surface area (Å²) in [4.78, 5) is 15.4. The molecule has 3 nitrogen and oxygen atoms in total. The Balaban J connectivity index is 1.22. The van der Waals surface area contributed by atoms with E-state index in [1.165, 1.54) is 70.0 Å². The lowest BCUT2D eigenvalue weighted by Gasteiger charge is -2.59. The zero-order chi connectivity index (χ0) is 18.4. The smallest absolute Gasteiger partial charge is 0.251 e. The third-order valence-electron chi connectivity index (χ3n) is 8.17. The van der Waals surface area contributed by atoms with Gasteiger partial charge < -0.3 is 5.32 Å². The van der Waals surface area contributed by atoms with E-state index >= 15 is 0 Å². The van der Waals surface area contributed by atoms with E-state index < -0.39 is 0 Å². The molecule has 1 saturated heterocycles. The molecule has 1 heterocycles. The SMILES string of the molecule is CC(NC(=O)c1ccc(CN2CCCC2)cc1)C12CC3CC(CC(C3)C1)C2. The Morgan fingerprint density at radius 2 is 1.59 bits per heavy atom. The van der Waals surface area contributed by atoms with Crippen LogP contribution in [0.2, 0.25) is 0 Å². The van der Waals surface area contributed by atoms with Crippen molar-refractivity contribution in [2.24, 2.45) is 23.2 Å². The van der Waals surface area contributed by atoms with Crippen LogP contribution >= 0.6 is 0 Å². The van der Waals surface area contributed by atoms with E-state index in [2.05, 4.69) is 29.3 Å². The van der Waals surface area contributed by atoms with Crippen LogP contribution in [0.4, 0.5) is 0 Å². The van der Waals surface area contributed by atoms with Gasteiger partial charge in [0.1, 0.15) is 0 Å². The van der Waals surface area contributed by atoms with E-state index in [1.807, 2.05) is 12.1 Å². The van der Waals surface area contributed by atoms with Gasteiger partial charge in [-0.3, -0.25) is 9.69 Å². The van der Waals surface area contributed by atoms with Crippen LogP contribution < -0.4 is 5.32 Å². The van der Waals surface area contributed by atoms with E-state index in [0.717, 1.165) is 29.9 Å². The summed E-state index contributed by atoms with van der Waals surface area (Å²) in [6.07, 6.45) is 11.0. The van der Waals surface area contributed by atoms with Crippen molar-refractivity contribution in [2.45, 2.75) is 70.9 Å². The predicted octanol–water partition coefficient (Wildman–Crippen LogP) is 4.62. The fourth-order valence-electron chi connectivity index (χ4n) is 7.10. The standard InChI is InChI=1S/C24H34N2O/c1-17(24-13-19-10-20(14-24)12-21(11-19)15-24)25-23(27)22-6-4-18(5-7-22)16-26-8-2-3-9-26/h4-7,17,19-21H,2-3,8-16H2,1H3,(H,25,27). The molecule has 0 spiro atoms. The molecule has 5 aliphatic rings. The molecule has 1 aromatic carbocycles. The molecule has 1 aromatic rings. The molecule has 6 rings (SSSR count). The minimum Gasteiger partial charge on any atom is -0.349 e. The maximum atomic E-state index is 12.9. The lowest BCUT2D eigenvalue weighted by molar-refractivity contribution is -0.0688. The van der Waals surface area contributed by atoms with Crippen molar-refractivity contribution < 1.29 is 4.79 Å². The third-order valence-corrected chi connectivity index (χ3v) is 8.17. The molecule has 4 saturated carbocycles. The highest BCUT2D eigenvalue weighted by molar-refractivity contribution is 5.94. The molecule has 1 atom stereocenters. The first-order valence-corrected chi connectivity index (χ1v) is 11.2. The van der Waals surface area contributed by atoms with Gasteiger partial charge in [-0.2, -0.15) is 0 Å². The molecule has 27 heavy (non-hydrogen) atoms. The molecule has 4 aliphatic carbocycles. The average Bonchev–Trinajstić information content (AvgIpc) is 3.14. The van der Waals surface area contributed by atoms with Crippen molar-refractivity contribution in [3.05, 3.63) is 35.4 Å². The van der Waals surface area contributed by atoms with Crippen molar-refractivity contribution in [1.29, 1.82) is 0 Å². The summed E-state index contributed by atoms with van der Waals surface area (Å²) >= 11 is 0. The average molecular weight is 367 g/mol. The fraction of sp³-hybridized carbons (Fsp3) is 0.708. The molecule has 0 aromatic heterocycles. The highest BCUT2D eigenvalue weighted by Crippen LogP contribution is 2.61. The Morgan fingerprint density at radius 1 is 1.04 bits per heavy atom. The van der Waals surface area contributed by atoms with Crippen molar-refractivity contribution in [3.63, 3.8) is 0 Å². The van der Waals surface area contributed by atoms with Crippen LogP contribution in [0, 0.1) is 23.2 Å². The number of likely N-dealkylation sites (tertiary alicyclic amines) is 1. The fourth-order valence-corrected chi connectivity index (χ4v) is 7.10.